The number of β-amino-alcohol motifs (C(OH)–C–C–N with tert-alkyl or cyclic N) is 1. The molecular formula is C7H12N4O. The molecular weight excluding hydrogens is 156 g/mol. The van der Waals surface area contributed by atoms with Gasteiger partial charge < -0.3 is 15.0 Å². The Morgan fingerprint density at radius 1 is 1.50 bits per heavy atom. The first kappa shape index (κ1) is 7.70. The monoisotopic (exact) mass is 168 g/mol. The summed E-state index contributed by atoms with van der Waals surface area (Å²) in [6.45, 7) is 2.12. The second-order valence-electron chi connectivity index (χ2n) is 3.29. The molecule has 0 aromatic carbocycles. The fourth-order valence-electron chi connectivity index (χ4n) is 1.51. The average molecular weight is 168 g/mol. The summed E-state index contributed by atoms with van der Waals surface area (Å²) in [6, 6.07) is 0. The molecule has 2 heterocycles. The van der Waals surface area contributed by atoms with E-state index in [4.69, 9.17) is 0 Å². The van der Waals surface area contributed by atoms with Gasteiger partial charge in [-0.15, -0.1) is 10.2 Å². The number of aliphatic hydroxyl groups is 1. The van der Waals surface area contributed by atoms with Gasteiger partial charge in [0.05, 0.1) is 12.1 Å². The Bertz CT molecular complexity index is 240. The first-order valence-corrected chi connectivity index (χ1v) is 4.04. The largest absolute Gasteiger partial charge is 0.387 e. The van der Waals surface area contributed by atoms with Crippen molar-refractivity contribution in [2.75, 3.05) is 13.1 Å². The minimum absolute atomic E-state index is 0.576. The molecule has 1 fully saturated rings. The van der Waals surface area contributed by atoms with Crippen LogP contribution in [0.3, 0.4) is 0 Å². The predicted octanol–water partition coefficient (Wildman–Crippen LogP) is -0.998. The summed E-state index contributed by atoms with van der Waals surface area (Å²) in [5, 5.41) is 20.4. The van der Waals surface area contributed by atoms with E-state index >= 15 is 0 Å². The summed E-state index contributed by atoms with van der Waals surface area (Å²) in [7, 11) is 0. The zero-order valence-electron chi connectivity index (χ0n) is 6.77. The van der Waals surface area contributed by atoms with Gasteiger partial charge in [0, 0.05) is 6.54 Å². The van der Waals surface area contributed by atoms with Crippen LogP contribution in [0.15, 0.2) is 12.7 Å². The highest BCUT2D eigenvalue weighted by molar-refractivity contribution is 4.88. The van der Waals surface area contributed by atoms with E-state index in [0.717, 1.165) is 13.0 Å². The summed E-state index contributed by atoms with van der Waals surface area (Å²) < 4.78 is 1.80. The first-order chi connectivity index (χ1) is 5.79. The van der Waals surface area contributed by atoms with E-state index in [0.29, 0.717) is 13.1 Å². The molecule has 1 unspecified atom stereocenters. The third-order valence-electron chi connectivity index (χ3n) is 2.16. The second kappa shape index (κ2) is 2.84. The Labute approximate surface area is 70.4 Å². The minimum atomic E-state index is -0.609. The quantitative estimate of drug-likeness (QED) is 0.594. The lowest BCUT2D eigenvalue weighted by Gasteiger charge is -2.20. The van der Waals surface area contributed by atoms with Crippen molar-refractivity contribution < 1.29 is 5.11 Å². The van der Waals surface area contributed by atoms with Gasteiger partial charge in [-0.1, -0.05) is 0 Å². The maximum absolute atomic E-state index is 9.92. The lowest BCUT2D eigenvalue weighted by Crippen LogP contribution is -2.35. The van der Waals surface area contributed by atoms with Crippen LogP contribution in [-0.4, -0.2) is 38.6 Å². The number of nitrogens with zero attached hydrogens (tertiary/aromatic N) is 3. The van der Waals surface area contributed by atoms with Crippen LogP contribution < -0.4 is 5.32 Å². The summed E-state index contributed by atoms with van der Waals surface area (Å²) in [5.74, 6) is 0. The molecule has 0 bridgehead atoms. The molecule has 1 aliphatic rings. The number of nitrogens with one attached hydrogen (secondary N) is 1. The highest BCUT2D eigenvalue weighted by Gasteiger charge is 2.31. The maximum atomic E-state index is 9.92. The van der Waals surface area contributed by atoms with Crippen LogP contribution in [-0.2, 0) is 6.54 Å². The number of hydrogen-bond donors (Lipinski definition) is 2. The van der Waals surface area contributed by atoms with Crippen molar-refractivity contribution in [2.45, 2.75) is 18.6 Å². The van der Waals surface area contributed by atoms with Gasteiger partial charge in [-0.3, -0.25) is 0 Å². The fraction of sp³-hybridized carbons (Fsp3) is 0.714. The van der Waals surface area contributed by atoms with Crippen LogP contribution in [0, 0.1) is 0 Å². The average Bonchev–Trinajstić information content (AvgIpc) is 2.62. The highest BCUT2D eigenvalue weighted by atomic mass is 16.3. The molecule has 0 spiro atoms. The standard InChI is InChI=1S/C7H12N4O/c12-7(1-2-8-3-7)4-11-5-9-10-6-11/h5-6,8,12H,1-4H2. The third-order valence-corrected chi connectivity index (χ3v) is 2.16. The summed E-state index contributed by atoms with van der Waals surface area (Å²) in [4.78, 5) is 0. The lowest BCUT2D eigenvalue weighted by atomic mass is 10.0. The van der Waals surface area contributed by atoms with Crippen molar-refractivity contribution in [3.63, 3.8) is 0 Å². The van der Waals surface area contributed by atoms with Crippen LogP contribution in [0.5, 0.6) is 0 Å². The van der Waals surface area contributed by atoms with Gasteiger partial charge in [-0.25, -0.2) is 0 Å². The van der Waals surface area contributed by atoms with E-state index in [1.807, 2.05) is 0 Å². The molecule has 12 heavy (non-hydrogen) atoms. The molecule has 1 aromatic rings. The van der Waals surface area contributed by atoms with E-state index in [1.54, 1.807) is 17.2 Å². The van der Waals surface area contributed by atoms with Crippen molar-refractivity contribution in [1.29, 1.82) is 0 Å². The zero-order chi connectivity index (χ0) is 8.44. The van der Waals surface area contributed by atoms with E-state index in [-0.39, 0.29) is 0 Å². The van der Waals surface area contributed by atoms with Gasteiger partial charge in [0.25, 0.3) is 0 Å². The van der Waals surface area contributed by atoms with Crippen molar-refractivity contribution in [3.05, 3.63) is 12.7 Å². The molecule has 1 saturated heterocycles. The van der Waals surface area contributed by atoms with Crippen LogP contribution in [0.1, 0.15) is 6.42 Å². The molecule has 1 atom stereocenters. The maximum Gasteiger partial charge on any atom is 0.119 e. The topological polar surface area (TPSA) is 63.0 Å². The Morgan fingerprint density at radius 3 is 2.83 bits per heavy atom. The van der Waals surface area contributed by atoms with Crippen LogP contribution in [0.25, 0.3) is 0 Å². The second-order valence-corrected chi connectivity index (χ2v) is 3.29. The summed E-state index contributed by atoms with van der Waals surface area (Å²) in [5.41, 5.74) is -0.609. The van der Waals surface area contributed by atoms with Gasteiger partial charge in [0.15, 0.2) is 0 Å². The SMILES string of the molecule is OC1(Cn2cnnc2)CCNC1. The molecule has 5 heteroatoms. The Balaban J connectivity index is 2.02. The van der Waals surface area contributed by atoms with Gasteiger partial charge in [0.1, 0.15) is 12.7 Å². The zero-order valence-corrected chi connectivity index (χ0v) is 6.77. The van der Waals surface area contributed by atoms with E-state index in [1.165, 1.54) is 0 Å². The number of rotatable bonds is 2. The minimum Gasteiger partial charge on any atom is -0.387 e. The molecule has 2 rings (SSSR count). The van der Waals surface area contributed by atoms with Gasteiger partial charge in [0.2, 0.25) is 0 Å². The Kier molecular flexibility index (Phi) is 1.82. The Hall–Kier alpha value is -0.940. The van der Waals surface area contributed by atoms with E-state index < -0.39 is 5.60 Å². The Morgan fingerprint density at radius 2 is 2.25 bits per heavy atom. The normalized spacial score (nSPS) is 29.4. The van der Waals surface area contributed by atoms with Gasteiger partial charge in [-0.05, 0) is 13.0 Å². The summed E-state index contributed by atoms with van der Waals surface area (Å²) in [6.07, 6.45) is 4.04. The van der Waals surface area contributed by atoms with Crippen molar-refractivity contribution in [3.8, 4) is 0 Å². The van der Waals surface area contributed by atoms with Crippen molar-refractivity contribution in [1.82, 2.24) is 20.1 Å². The molecule has 1 aromatic heterocycles. The van der Waals surface area contributed by atoms with Gasteiger partial charge in [-0.2, -0.15) is 0 Å². The molecule has 0 amide bonds. The first-order valence-electron chi connectivity index (χ1n) is 4.04. The van der Waals surface area contributed by atoms with E-state index in [9.17, 15) is 5.11 Å². The number of aromatic nitrogens is 3. The van der Waals surface area contributed by atoms with Crippen molar-refractivity contribution in [2.24, 2.45) is 0 Å². The van der Waals surface area contributed by atoms with Crippen LogP contribution in [0.2, 0.25) is 0 Å². The van der Waals surface area contributed by atoms with E-state index in [2.05, 4.69) is 15.5 Å². The van der Waals surface area contributed by atoms with Gasteiger partial charge >= 0.3 is 0 Å². The predicted molar refractivity (Wildman–Crippen MR) is 42.5 cm³/mol. The highest BCUT2D eigenvalue weighted by Crippen LogP contribution is 2.15. The number of hydrogen-bond acceptors (Lipinski definition) is 4. The third kappa shape index (κ3) is 1.46. The molecule has 5 nitrogen and oxygen atoms in total. The molecule has 0 radical (unpaired) electrons. The van der Waals surface area contributed by atoms with Crippen LogP contribution in [0.4, 0.5) is 0 Å². The molecule has 2 N–H and O–H groups in total. The fourth-order valence-corrected chi connectivity index (χ4v) is 1.51. The molecule has 1 aliphatic heterocycles. The summed E-state index contributed by atoms with van der Waals surface area (Å²) >= 11 is 0. The molecule has 0 aliphatic carbocycles. The lowest BCUT2D eigenvalue weighted by molar-refractivity contribution is 0.0431. The van der Waals surface area contributed by atoms with Crippen molar-refractivity contribution >= 4 is 0 Å². The molecule has 66 valence electrons. The van der Waals surface area contributed by atoms with Crippen LogP contribution >= 0.6 is 0 Å². The molecule has 0 saturated carbocycles. The smallest absolute Gasteiger partial charge is 0.119 e.